The molecule has 2 fully saturated rings. The Morgan fingerprint density at radius 3 is 2.46 bits per heavy atom. The van der Waals surface area contributed by atoms with Crippen LogP contribution in [0.5, 0.6) is 0 Å². The number of amides is 2. The van der Waals surface area contributed by atoms with Gasteiger partial charge in [0.25, 0.3) is 0 Å². The second kappa shape index (κ2) is 8.00. The first-order valence-electron chi connectivity index (χ1n) is 9.10. The number of hydroxylamine groups is 2. The van der Waals surface area contributed by atoms with Crippen molar-refractivity contribution in [3.8, 4) is 0 Å². The van der Waals surface area contributed by atoms with Crippen LogP contribution in [0.2, 0.25) is 0 Å². The molecule has 1 aromatic rings. The Labute approximate surface area is 159 Å². The van der Waals surface area contributed by atoms with E-state index in [-0.39, 0.29) is 18.9 Å². The number of nitrogens with zero attached hydrogens (tertiary/aromatic N) is 4. The number of halogens is 3. The zero-order valence-electron chi connectivity index (χ0n) is 15.0. The van der Waals surface area contributed by atoms with Gasteiger partial charge >= 0.3 is 6.18 Å². The lowest BCUT2D eigenvalue weighted by molar-refractivity contribution is -0.154. The number of hydrazine groups is 1. The van der Waals surface area contributed by atoms with Crippen molar-refractivity contribution < 1.29 is 28.0 Å². The second-order valence-electron chi connectivity index (χ2n) is 7.45. The van der Waals surface area contributed by atoms with Crippen molar-refractivity contribution in [3.05, 3.63) is 18.0 Å². The van der Waals surface area contributed by atoms with Crippen LogP contribution in [0.1, 0.15) is 37.8 Å². The van der Waals surface area contributed by atoms with Crippen LogP contribution < -0.4 is 10.9 Å². The quantitative estimate of drug-likeness (QED) is 0.238. The Balaban J connectivity index is 1.79. The first-order chi connectivity index (χ1) is 13.2. The van der Waals surface area contributed by atoms with Gasteiger partial charge in [-0.15, -0.1) is 0 Å². The molecule has 154 valence electrons. The molecule has 0 aliphatic heterocycles. The molecule has 3 N–H and O–H groups in total. The van der Waals surface area contributed by atoms with E-state index in [1.54, 1.807) is 0 Å². The number of carbonyl (C=O) groups excluding carboxylic acids is 2. The second-order valence-corrected chi connectivity index (χ2v) is 7.45. The normalized spacial score (nSPS) is 24.8. The molecule has 3 rings (SSSR count). The monoisotopic (exact) mass is 401 g/mol. The van der Waals surface area contributed by atoms with Crippen molar-refractivity contribution in [2.24, 2.45) is 29.5 Å². The van der Waals surface area contributed by atoms with Crippen LogP contribution in [-0.4, -0.2) is 39.1 Å². The zero-order valence-corrected chi connectivity index (χ0v) is 15.0. The molecule has 0 spiro atoms. The Hall–Kier alpha value is -2.27. The summed E-state index contributed by atoms with van der Waals surface area (Å²) >= 11 is 0. The highest BCUT2D eigenvalue weighted by atomic mass is 19.4. The van der Waals surface area contributed by atoms with Crippen molar-refractivity contribution in [1.29, 1.82) is 0 Å². The molecule has 28 heavy (non-hydrogen) atoms. The minimum Gasteiger partial charge on any atom is -0.286 e. The maximum Gasteiger partial charge on any atom is 0.433 e. The van der Waals surface area contributed by atoms with Crippen LogP contribution in [0, 0.1) is 23.7 Å². The molecule has 0 radical (unpaired) electrons. The summed E-state index contributed by atoms with van der Waals surface area (Å²) in [7, 11) is 0. The lowest BCUT2D eigenvalue weighted by atomic mass is 9.86. The molecule has 1 heterocycles. The summed E-state index contributed by atoms with van der Waals surface area (Å²) in [6, 6.07) is 0.678. The van der Waals surface area contributed by atoms with Crippen molar-refractivity contribution in [3.63, 3.8) is 0 Å². The summed E-state index contributed by atoms with van der Waals surface area (Å²) in [5, 5.41) is 10.4. The summed E-state index contributed by atoms with van der Waals surface area (Å²) in [5.74, 6) is 4.77. The van der Waals surface area contributed by atoms with Gasteiger partial charge < -0.3 is 0 Å². The van der Waals surface area contributed by atoms with Gasteiger partial charge in [0.05, 0.1) is 12.5 Å². The standard InChI is InChI=1S/C17H22F3N5O3/c18-17(19,20)14-5-6-22-16(23-14)25(21)15(27)12(8-24(28)9-26)7-13-10-1-2-11(13)4-3-10/h5-6,9-13,28H,1-4,7-8,21H2. The van der Waals surface area contributed by atoms with Gasteiger partial charge in [-0.05, 0) is 55.9 Å². The van der Waals surface area contributed by atoms with E-state index >= 15 is 0 Å². The highest BCUT2D eigenvalue weighted by Crippen LogP contribution is 2.51. The van der Waals surface area contributed by atoms with E-state index in [9.17, 15) is 28.0 Å². The number of carbonyl (C=O) groups is 2. The molecule has 11 heteroatoms. The van der Waals surface area contributed by atoms with Crippen molar-refractivity contribution in [2.45, 2.75) is 38.3 Å². The van der Waals surface area contributed by atoms with Crippen LogP contribution in [0.15, 0.2) is 12.3 Å². The molecule has 1 atom stereocenters. The number of anilines is 1. The van der Waals surface area contributed by atoms with Crippen molar-refractivity contribution >= 4 is 18.3 Å². The molecule has 2 amide bonds. The Bertz CT molecular complexity index is 712. The molecule has 2 bridgehead atoms. The molecule has 0 aromatic carbocycles. The third-order valence-electron chi connectivity index (χ3n) is 5.85. The smallest absolute Gasteiger partial charge is 0.286 e. The first kappa shape index (κ1) is 20.5. The summed E-state index contributed by atoms with van der Waals surface area (Å²) in [5.41, 5.74) is -1.22. The summed E-state index contributed by atoms with van der Waals surface area (Å²) in [6.07, 6.45) is 1.05. The predicted octanol–water partition coefficient (Wildman–Crippen LogP) is 1.99. The van der Waals surface area contributed by atoms with Crippen LogP contribution >= 0.6 is 0 Å². The largest absolute Gasteiger partial charge is 0.433 e. The van der Waals surface area contributed by atoms with Gasteiger partial charge in [0, 0.05) is 6.20 Å². The van der Waals surface area contributed by atoms with Gasteiger partial charge in [-0.25, -0.2) is 25.9 Å². The van der Waals surface area contributed by atoms with E-state index in [0.29, 0.717) is 34.4 Å². The number of rotatable bonds is 7. The number of aromatic nitrogens is 2. The Morgan fingerprint density at radius 2 is 1.93 bits per heavy atom. The molecule has 2 aliphatic rings. The third-order valence-corrected chi connectivity index (χ3v) is 5.85. The van der Waals surface area contributed by atoms with Crippen LogP contribution in [0.25, 0.3) is 0 Å². The fourth-order valence-corrected chi connectivity index (χ4v) is 4.54. The van der Waals surface area contributed by atoms with Gasteiger partial charge in [0.2, 0.25) is 18.3 Å². The maximum absolute atomic E-state index is 12.9. The van der Waals surface area contributed by atoms with Gasteiger partial charge in [-0.1, -0.05) is 0 Å². The summed E-state index contributed by atoms with van der Waals surface area (Å²) in [4.78, 5) is 30.6. The van der Waals surface area contributed by atoms with E-state index in [1.807, 2.05) is 0 Å². The van der Waals surface area contributed by atoms with Crippen molar-refractivity contribution in [2.75, 3.05) is 11.6 Å². The number of hydrogen-bond donors (Lipinski definition) is 2. The molecular formula is C17H22F3N5O3. The lowest BCUT2D eigenvalue weighted by Crippen LogP contribution is -2.46. The van der Waals surface area contributed by atoms with Gasteiger partial charge in [0.15, 0.2) is 0 Å². The molecule has 1 aromatic heterocycles. The average molecular weight is 401 g/mol. The summed E-state index contributed by atoms with van der Waals surface area (Å²) in [6.45, 7) is -0.301. The van der Waals surface area contributed by atoms with Crippen molar-refractivity contribution in [1.82, 2.24) is 15.0 Å². The van der Waals surface area contributed by atoms with Crippen LogP contribution in [0.3, 0.4) is 0 Å². The molecule has 8 nitrogen and oxygen atoms in total. The van der Waals surface area contributed by atoms with E-state index in [1.165, 1.54) is 0 Å². The number of hydrogen-bond acceptors (Lipinski definition) is 6. The predicted molar refractivity (Wildman–Crippen MR) is 90.3 cm³/mol. The molecular weight excluding hydrogens is 379 g/mol. The summed E-state index contributed by atoms with van der Waals surface area (Å²) < 4.78 is 38.6. The number of nitrogens with two attached hydrogens (primary N) is 1. The highest BCUT2D eigenvalue weighted by Gasteiger charge is 2.44. The van der Waals surface area contributed by atoms with Crippen LogP contribution in [-0.2, 0) is 15.8 Å². The van der Waals surface area contributed by atoms with Gasteiger partial charge in [-0.2, -0.15) is 13.2 Å². The minimum atomic E-state index is -4.70. The average Bonchev–Trinajstić information content (AvgIpc) is 3.24. The SMILES string of the molecule is NN(C(=O)C(CC1C2CCC1CC2)CN(O)C=O)c1nccc(C(F)(F)F)n1. The van der Waals surface area contributed by atoms with Gasteiger partial charge in [-0.3, -0.25) is 14.8 Å². The molecule has 2 aliphatic carbocycles. The van der Waals surface area contributed by atoms with E-state index in [4.69, 9.17) is 5.84 Å². The number of fused-ring (bicyclic) bond motifs is 2. The minimum absolute atomic E-state index is 0.172. The van der Waals surface area contributed by atoms with E-state index in [0.717, 1.165) is 31.9 Å². The maximum atomic E-state index is 12.9. The molecule has 2 saturated carbocycles. The molecule has 0 saturated heterocycles. The Morgan fingerprint density at radius 1 is 1.32 bits per heavy atom. The Kier molecular flexibility index (Phi) is 5.84. The fourth-order valence-electron chi connectivity index (χ4n) is 4.54. The van der Waals surface area contributed by atoms with E-state index in [2.05, 4.69) is 9.97 Å². The van der Waals surface area contributed by atoms with Crippen LogP contribution in [0.4, 0.5) is 19.1 Å². The van der Waals surface area contributed by atoms with Gasteiger partial charge in [0.1, 0.15) is 5.69 Å². The first-order valence-corrected chi connectivity index (χ1v) is 9.10. The lowest BCUT2D eigenvalue weighted by Gasteiger charge is -2.27. The topological polar surface area (TPSA) is 113 Å². The fraction of sp³-hybridized carbons (Fsp3) is 0.647. The highest BCUT2D eigenvalue weighted by molar-refractivity contribution is 5.92. The third kappa shape index (κ3) is 4.25. The zero-order chi connectivity index (χ0) is 20.5. The molecule has 1 unspecified atom stereocenters. The number of alkyl halides is 3. The van der Waals surface area contributed by atoms with E-state index < -0.39 is 29.6 Å².